The van der Waals surface area contributed by atoms with Crippen molar-refractivity contribution in [1.29, 1.82) is 0 Å². The van der Waals surface area contributed by atoms with E-state index in [0.29, 0.717) is 0 Å². The first-order chi connectivity index (χ1) is 8.16. The lowest BCUT2D eigenvalue weighted by Crippen LogP contribution is -2.23. The predicted molar refractivity (Wildman–Crippen MR) is 61.3 cm³/mol. The average Bonchev–Trinajstić information content (AvgIpc) is 2.78. The molecule has 0 aliphatic heterocycles. The number of nitrogens with zero attached hydrogens (tertiary/aromatic N) is 1. The van der Waals surface area contributed by atoms with Crippen LogP contribution in [-0.2, 0) is 6.54 Å². The third kappa shape index (κ3) is 2.79. The molecule has 0 aliphatic carbocycles. The standard InChI is InChI=1S/C11H9FN2O2S/c12-10-3-8(15)1-2-9(10)11(16)13-4-7-5-17-6-14-7/h1-3,5-6,15H,4H2,(H,13,16). The molecule has 0 fully saturated rings. The maximum Gasteiger partial charge on any atom is 0.254 e. The Hall–Kier alpha value is -1.95. The number of phenols is 1. The van der Waals surface area contributed by atoms with Crippen LogP contribution in [0.15, 0.2) is 29.1 Å². The molecule has 0 saturated heterocycles. The highest BCUT2D eigenvalue weighted by molar-refractivity contribution is 7.07. The second kappa shape index (κ2) is 4.92. The van der Waals surface area contributed by atoms with Gasteiger partial charge in [-0.25, -0.2) is 9.37 Å². The van der Waals surface area contributed by atoms with Crippen LogP contribution in [0.2, 0.25) is 0 Å². The van der Waals surface area contributed by atoms with Gasteiger partial charge in [-0.1, -0.05) is 0 Å². The molecule has 0 unspecified atom stereocenters. The number of halogens is 1. The number of nitrogens with one attached hydrogen (secondary N) is 1. The first kappa shape index (κ1) is 11.5. The van der Waals surface area contributed by atoms with Crippen molar-refractivity contribution < 1.29 is 14.3 Å². The molecule has 2 aromatic rings. The fourth-order valence-corrected chi connectivity index (χ4v) is 1.84. The lowest BCUT2D eigenvalue weighted by molar-refractivity contribution is 0.0946. The molecule has 2 N–H and O–H groups in total. The molecule has 88 valence electrons. The van der Waals surface area contributed by atoms with Gasteiger partial charge in [0.25, 0.3) is 5.91 Å². The predicted octanol–water partition coefficient (Wildman–Crippen LogP) is 1.92. The number of phenolic OH excluding ortho intramolecular Hbond substituents is 1. The first-order valence-electron chi connectivity index (χ1n) is 4.80. The van der Waals surface area contributed by atoms with Crippen molar-refractivity contribution in [3.8, 4) is 5.75 Å². The Balaban J connectivity index is 2.04. The van der Waals surface area contributed by atoms with Crippen LogP contribution < -0.4 is 5.32 Å². The second-order valence-electron chi connectivity index (χ2n) is 3.33. The molecule has 4 nitrogen and oxygen atoms in total. The van der Waals surface area contributed by atoms with E-state index in [4.69, 9.17) is 5.11 Å². The van der Waals surface area contributed by atoms with Gasteiger partial charge in [0.2, 0.25) is 0 Å². The van der Waals surface area contributed by atoms with E-state index < -0.39 is 11.7 Å². The Morgan fingerprint density at radius 3 is 3.00 bits per heavy atom. The highest BCUT2D eigenvalue weighted by Crippen LogP contribution is 2.14. The van der Waals surface area contributed by atoms with Gasteiger partial charge in [-0.15, -0.1) is 11.3 Å². The molecule has 0 bridgehead atoms. The van der Waals surface area contributed by atoms with Gasteiger partial charge in [-0.05, 0) is 12.1 Å². The molecular weight excluding hydrogens is 243 g/mol. The van der Waals surface area contributed by atoms with E-state index in [1.807, 2.05) is 0 Å². The molecule has 1 aromatic heterocycles. The number of thiazole rings is 1. The summed E-state index contributed by atoms with van der Waals surface area (Å²) < 4.78 is 13.3. The number of hydrogen-bond donors (Lipinski definition) is 2. The SMILES string of the molecule is O=C(NCc1cscn1)c1ccc(O)cc1F. The maximum atomic E-state index is 13.3. The maximum absolute atomic E-state index is 13.3. The molecule has 0 radical (unpaired) electrons. The number of carbonyl (C=O) groups is 1. The van der Waals surface area contributed by atoms with Crippen molar-refractivity contribution in [2.75, 3.05) is 0 Å². The quantitative estimate of drug-likeness (QED) is 0.877. The van der Waals surface area contributed by atoms with Gasteiger partial charge in [-0.2, -0.15) is 0 Å². The van der Waals surface area contributed by atoms with Crippen LogP contribution in [0, 0.1) is 5.82 Å². The van der Waals surface area contributed by atoms with Gasteiger partial charge in [0.15, 0.2) is 0 Å². The molecule has 1 amide bonds. The smallest absolute Gasteiger partial charge is 0.254 e. The van der Waals surface area contributed by atoms with Crippen molar-refractivity contribution in [3.63, 3.8) is 0 Å². The van der Waals surface area contributed by atoms with Gasteiger partial charge in [0, 0.05) is 11.4 Å². The molecule has 6 heteroatoms. The lowest BCUT2D eigenvalue weighted by atomic mass is 10.2. The number of rotatable bonds is 3. The van der Waals surface area contributed by atoms with Gasteiger partial charge < -0.3 is 10.4 Å². The molecule has 1 heterocycles. The van der Waals surface area contributed by atoms with Crippen molar-refractivity contribution >= 4 is 17.2 Å². The number of carbonyl (C=O) groups excluding carboxylic acids is 1. The van der Waals surface area contributed by atoms with Gasteiger partial charge in [0.1, 0.15) is 11.6 Å². The summed E-state index contributed by atoms with van der Waals surface area (Å²) in [6.45, 7) is 0.253. The summed E-state index contributed by atoms with van der Waals surface area (Å²) in [6, 6.07) is 3.40. The fourth-order valence-electron chi connectivity index (χ4n) is 1.28. The topological polar surface area (TPSA) is 62.2 Å². The summed E-state index contributed by atoms with van der Waals surface area (Å²) in [5.74, 6) is -1.49. The van der Waals surface area contributed by atoms with Crippen LogP contribution >= 0.6 is 11.3 Å². The first-order valence-corrected chi connectivity index (χ1v) is 5.75. The Morgan fingerprint density at radius 2 is 2.35 bits per heavy atom. The number of benzene rings is 1. The highest BCUT2D eigenvalue weighted by atomic mass is 32.1. The van der Waals surface area contributed by atoms with Crippen molar-refractivity contribution in [1.82, 2.24) is 10.3 Å². The van der Waals surface area contributed by atoms with Crippen LogP contribution in [-0.4, -0.2) is 16.0 Å². The summed E-state index contributed by atoms with van der Waals surface area (Å²) in [7, 11) is 0. The summed E-state index contributed by atoms with van der Waals surface area (Å²) in [5, 5.41) is 13.4. The molecule has 0 aliphatic rings. The van der Waals surface area contributed by atoms with Gasteiger partial charge in [0.05, 0.1) is 23.3 Å². The minimum atomic E-state index is -0.749. The summed E-state index contributed by atoms with van der Waals surface area (Å²) in [4.78, 5) is 15.6. The number of aromatic hydroxyl groups is 1. The Kier molecular flexibility index (Phi) is 3.34. The molecule has 1 aromatic carbocycles. The minimum Gasteiger partial charge on any atom is -0.508 e. The summed E-state index contributed by atoms with van der Waals surface area (Å²) >= 11 is 1.42. The molecule has 0 spiro atoms. The molecular formula is C11H9FN2O2S. The molecule has 0 saturated carbocycles. The normalized spacial score (nSPS) is 10.2. The van der Waals surface area contributed by atoms with Crippen LogP contribution in [0.1, 0.15) is 16.1 Å². The van der Waals surface area contributed by atoms with E-state index in [-0.39, 0.29) is 17.9 Å². The van der Waals surface area contributed by atoms with E-state index in [1.165, 1.54) is 23.5 Å². The third-order valence-electron chi connectivity index (χ3n) is 2.11. The van der Waals surface area contributed by atoms with E-state index in [0.717, 1.165) is 11.8 Å². The zero-order valence-electron chi connectivity index (χ0n) is 8.68. The van der Waals surface area contributed by atoms with Crippen molar-refractivity contribution in [2.24, 2.45) is 0 Å². The van der Waals surface area contributed by atoms with E-state index in [9.17, 15) is 9.18 Å². The summed E-state index contributed by atoms with van der Waals surface area (Å²) in [6.07, 6.45) is 0. The second-order valence-corrected chi connectivity index (χ2v) is 4.05. The molecule has 17 heavy (non-hydrogen) atoms. The van der Waals surface area contributed by atoms with E-state index in [2.05, 4.69) is 10.3 Å². The zero-order valence-corrected chi connectivity index (χ0v) is 9.50. The Morgan fingerprint density at radius 1 is 1.53 bits per heavy atom. The lowest BCUT2D eigenvalue weighted by Gasteiger charge is -2.04. The molecule has 0 atom stereocenters. The molecule has 2 rings (SSSR count). The number of aromatic nitrogens is 1. The number of hydrogen-bond acceptors (Lipinski definition) is 4. The van der Waals surface area contributed by atoms with E-state index >= 15 is 0 Å². The third-order valence-corrected chi connectivity index (χ3v) is 2.75. The van der Waals surface area contributed by atoms with Crippen LogP contribution in [0.25, 0.3) is 0 Å². The highest BCUT2D eigenvalue weighted by Gasteiger charge is 2.11. The Labute approximate surface area is 101 Å². The van der Waals surface area contributed by atoms with Crippen LogP contribution in [0.4, 0.5) is 4.39 Å². The van der Waals surface area contributed by atoms with E-state index in [1.54, 1.807) is 10.9 Å². The van der Waals surface area contributed by atoms with Crippen molar-refractivity contribution in [3.05, 3.63) is 46.2 Å². The monoisotopic (exact) mass is 252 g/mol. The van der Waals surface area contributed by atoms with Gasteiger partial charge >= 0.3 is 0 Å². The largest absolute Gasteiger partial charge is 0.508 e. The Bertz CT molecular complexity index is 528. The fraction of sp³-hybridized carbons (Fsp3) is 0.0909. The van der Waals surface area contributed by atoms with Crippen LogP contribution in [0.3, 0.4) is 0 Å². The van der Waals surface area contributed by atoms with Crippen LogP contribution in [0.5, 0.6) is 5.75 Å². The summed E-state index contributed by atoms with van der Waals surface area (Å²) in [5.41, 5.74) is 2.28. The van der Waals surface area contributed by atoms with Gasteiger partial charge in [-0.3, -0.25) is 4.79 Å². The minimum absolute atomic E-state index is 0.0990. The van der Waals surface area contributed by atoms with Crippen molar-refractivity contribution in [2.45, 2.75) is 6.54 Å². The number of amides is 1. The zero-order chi connectivity index (χ0) is 12.3. The average molecular weight is 252 g/mol.